The van der Waals surface area contributed by atoms with Gasteiger partial charge in [0.15, 0.2) is 9.84 Å². The average molecular weight is 458 g/mol. The van der Waals surface area contributed by atoms with Gasteiger partial charge in [0.25, 0.3) is 0 Å². The predicted molar refractivity (Wildman–Crippen MR) is 123 cm³/mol. The van der Waals surface area contributed by atoms with E-state index in [2.05, 4.69) is 18.7 Å². The van der Waals surface area contributed by atoms with Gasteiger partial charge in [-0.3, -0.25) is 0 Å². The van der Waals surface area contributed by atoms with Gasteiger partial charge in [-0.15, -0.1) is 0 Å². The fraction of sp³-hybridized carbons (Fsp3) is 1.00. The summed E-state index contributed by atoms with van der Waals surface area (Å²) in [6, 6.07) is 0.460. The van der Waals surface area contributed by atoms with E-state index in [0.717, 1.165) is 64.5 Å². The van der Waals surface area contributed by atoms with Crippen molar-refractivity contribution in [3.05, 3.63) is 0 Å². The first-order chi connectivity index (χ1) is 14.8. The molecule has 0 radical (unpaired) electrons. The van der Waals surface area contributed by atoms with Crippen LogP contribution in [-0.4, -0.2) is 60.8 Å². The van der Waals surface area contributed by atoms with Crippen LogP contribution in [0.25, 0.3) is 0 Å². The van der Waals surface area contributed by atoms with Crippen molar-refractivity contribution < 1.29 is 17.9 Å². The van der Waals surface area contributed by atoms with E-state index in [1.165, 1.54) is 6.42 Å². The molecular formula is C25H44FNO3S. The van der Waals surface area contributed by atoms with E-state index < -0.39 is 27.5 Å². The van der Waals surface area contributed by atoms with Crippen LogP contribution in [0.5, 0.6) is 0 Å². The lowest BCUT2D eigenvalue weighted by Gasteiger charge is -2.49. The lowest BCUT2D eigenvalue weighted by atomic mass is 9.60. The smallest absolute Gasteiger partial charge is 0.154 e. The van der Waals surface area contributed by atoms with Gasteiger partial charge in [-0.1, -0.05) is 26.7 Å². The number of fused-ring (bicyclic) bond motifs is 1. The molecule has 6 heteroatoms. The van der Waals surface area contributed by atoms with Crippen LogP contribution in [-0.2, 0) is 9.84 Å². The Morgan fingerprint density at radius 1 is 1.06 bits per heavy atom. The highest BCUT2D eigenvalue weighted by atomic mass is 32.2. The number of rotatable bonds is 6. The lowest BCUT2D eigenvalue weighted by molar-refractivity contribution is -0.0738. The third-order valence-electron chi connectivity index (χ3n) is 9.63. The molecule has 180 valence electrons. The van der Waals surface area contributed by atoms with Gasteiger partial charge in [-0.2, -0.15) is 0 Å². The first kappa shape index (κ1) is 23.9. The Morgan fingerprint density at radius 3 is 2.35 bits per heavy atom. The number of halogens is 1. The standard InChI is InChI=1S/C25H44FNO3S/c1-3-5-13-25(4-2)17-31(29,30)22-12-11-20(27-14-6-15-27)16-21(22)23(24(25)28)18-7-9-19(26)10-8-18/h18-24,28H,3-17H2,1-2H3/t18?,19?,20?,21?,22?,23?,24?,25-/m1/s1. The first-order valence-electron chi connectivity index (χ1n) is 13.1. The minimum Gasteiger partial charge on any atom is -0.392 e. The molecule has 2 aliphatic heterocycles. The molecule has 4 fully saturated rings. The van der Waals surface area contributed by atoms with E-state index in [0.29, 0.717) is 25.3 Å². The third-order valence-corrected chi connectivity index (χ3v) is 12.1. The summed E-state index contributed by atoms with van der Waals surface area (Å²) < 4.78 is 41.5. The second-order valence-corrected chi connectivity index (χ2v) is 13.4. The predicted octanol–water partition coefficient (Wildman–Crippen LogP) is 4.75. The summed E-state index contributed by atoms with van der Waals surface area (Å²) in [4.78, 5) is 2.53. The van der Waals surface area contributed by atoms with E-state index in [1.807, 2.05) is 0 Å². The minimum atomic E-state index is -3.28. The molecule has 0 bridgehead atoms. The number of sulfone groups is 1. The van der Waals surface area contributed by atoms with Gasteiger partial charge in [-0.05, 0) is 95.1 Å². The Morgan fingerprint density at radius 2 is 1.77 bits per heavy atom. The number of aliphatic hydroxyl groups is 1. The van der Waals surface area contributed by atoms with Gasteiger partial charge in [0, 0.05) is 11.5 Å². The molecule has 4 aliphatic rings. The van der Waals surface area contributed by atoms with Gasteiger partial charge in [0.1, 0.15) is 6.17 Å². The topological polar surface area (TPSA) is 57.6 Å². The van der Waals surface area contributed by atoms with Crippen molar-refractivity contribution in [3.63, 3.8) is 0 Å². The average Bonchev–Trinajstić information content (AvgIpc) is 2.77. The van der Waals surface area contributed by atoms with Gasteiger partial charge >= 0.3 is 0 Å². The molecule has 0 amide bonds. The monoisotopic (exact) mass is 457 g/mol. The second-order valence-electron chi connectivity index (χ2n) is 11.2. The molecule has 2 heterocycles. The summed E-state index contributed by atoms with van der Waals surface area (Å²) in [7, 11) is -3.28. The SMILES string of the molecule is CCCC[C@]1(CC)CS(=O)(=O)C2CCC(N3CCC3)CC2C(C2CCC(F)CC2)C1O. The van der Waals surface area contributed by atoms with Crippen molar-refractivity contribution in [1.29, 1.82) is 0 Å². The van der Waals surface area contributed by atoms with Crippen LogP contribution in [0.4, 0.5) is 4.39 Å². The van der Waals surface area contributed by atoms with Crippen molar-refractivity contribution >= 4 is 9.84 Å². The number of unbranched alkanes of at least 4 members (excludes halogenated alkanes) is 1. The largest absolute Gasteiger partial charge is 0.392 e. The van der Waals surface area contributed by atoms with Crippen LogP contribution < -0.4 is 0 Å². The van der Waals surface area contributed by atoms with Crippen molar-refractivity contribution in [2.24, 2.45) is 23.2 Å². The molecule has 2 saturated heterocycles. The van der Waals surface area contributed by atoms with Crippen LogP contribution in [0, 0.1) is 23.2 Å². The Bertz CT molecular complexity index is 704. The maximum atomic E-state index is 14.0. The van der Waals surface area contributed by atoms with Crippen LogP contribution in [0.2, 0.25) is 0 Å². The maximum Gasteiger partial charge on any atom is 0.154 e. The summed E-state index contributed by atoms with van der Waals surface area (Å²) in [5.41, 5.74) is -0.546. The molecule has 6 atom stereocenters. The molecule has 0 aromatic rings. The zero-order valence-electron chi connectivity index (χ0n) is 19.6. The summed E-state index contributed by atoms with van der Waals surface area (Å²) in [5.74, 6) is 0.416. The van der Waals surface area contributed by atoms with Crippen molar-refractivity contribution in [1.82, 2.24) is 4.90 Å². The number of nitrogens with zero attached hydrogens (tertiary/aromatic N) is 1. The van der Waals surface area contributed by atoms with E-state index in [-0.39, 0.29) is 28.8 Å². The molecule has 2 saturated carbocycles. The summed E-state index contributed by atoms with van der Waals surface area (Å²) in [5, 5.41) is 11.7. The molecular weight excluding hydrogens is 413 g/mol. The Balaban J connectivity index is 1.71. The summed E-state index contributed by atoms with van der Waals surface area (Å²) >= 11 is 0. The third kappa shape index (κ3) is 4.59. The highest BCUT2D eigenvalue weighted by molar-refractivity contribution is 7.92. The molecule has 31 heavy (non-hydrogen) atoms. The molecule has 4 rings (SSSR count). The molecule has 2 aliphatic carbocycles. The Kier molecular flexibility index (Phi) is 7.40. The quantitative estimate of drug-likeness (QED) is 0.625. The maximum absolute atomic E-state index is 14.0. The number of hydrogen-bond donors (Lipinski definition) is 1. The van der Waals surface area contributed by atoms with Gasteiger partial charge in [-0.25, -0.2) is 12.8 Å². The van der Waals surface area contributed by atoms with E-state index >= 15 is 0 Å². The minimum absolute atomic E-state index is 0.00402. The van der Waals surface area contributed by atoms with Crippen molar-refractivity contribution in [2.45, 2.75) is 114 Å². The van der Waals surface area contributed by atoms with Crippen molar-refractivity contribution in [2.75, 3.05) is 18.8 Å². The van der Waals surface area contributed by atoms with Gasteiger partial charge in [0.05, 0.1) is 17.1 Å². The number of alkyl halides is 1. The first-order valence-corrected chi connectivity index (χ1v) is 14.8. The zero-order valence-corrected chi connectivity index (χ0v) is 20.5. The molecule has 0 aromatic heterocycles. The van der Waals surface area contributed by atoms with Gasteiger partial charge in [0.2, 0.25) is 0 Å². The van der Waals surface area contributed by atoms with Crippen molar-refractivity contribution in [3.8, 4) is 0 Å². The molecule has 5 unspecified atom stereocenters. The fourth-order valence-electron chi connectivity index (χ4n) is 7.59. The van der Waals surface area contributed by atoms with E-state index in [4.69, 9.17) is 0 Å². The van der Waals surface area contributed by atoms with E-state index in [9.17, 15) is 17.9 Å². The number of likely N-dealkylation sites (tertiary alicyclic amines) is 1. The molecule has 4 nitrogen and oxygen atoms in total. The van der Waals surface area contributed by atoms with Crippen LogP contribution in [0.15, 0.2) is 0 Å². The summed E-state index contributed by atoms with van der Waals surface area (Å²) in [6.07, 6.45) is 8.72. The molecule has 0 aromatic carbocycles. The van der Waals surface area contributed by atoms with Crippen LogP contribution in [0.1, 0.15) is 90.9 Å². The van der Waals surface area contributed by atoms with Crippen LogP contribution in [0.3, 0.4) is 0 Å². The highest BCUT2D eigenvalue weighted by Crippen LogP contribution is 2.53. The lowest BCUT2D eigenvalue weighted by Crippen LogP contribution is -2.53. The van der Waals surface area contributed by atoms with Gasteiger partial charge < -0.3 is 10.0 Å². The zero-order chi connectivity index (χ0) is 22.2. The fourth-order valence-corrected chi connectivity index (χ4v) is 10.4. The molecule has 1 N–H and O–H groups in total. The number of hydrogen-bond acceptors (Lipinski definition) is 4. The Labute approximate surface area is 189 Å². The number of aliphatic hydroxyl groups excluding tert-OH is 1. The summed E-state index contributed by atoms with van der Waals surface area (Å²) in [6.45, 7) is 6.47. The second kappa shape index (κ2) is 9.58. The Hall–Kier alpha value is -0.200. The highest BCUT2D eigenvalue weighted by Gasteiger charge is 2.57. The van der Waals surface area contributed by atoms with E-state index in [1.54, 1.807) is 0 Å². The normalized spacial score (nSPS) is 46.0. The molecule has 0 spiro atoms. The van der Waals surface area contributed by atoms with Crippen LogP contribution >= 0.6 is 0 Å².